The standard InChI is InChI=1S/C22H14Cl2N4/c1-13-6-11-16(12-17(13)24)28-21(14-7-9-15(23)10-8-14)27-20-22(28)26-19-5-3-2-4-18(19)25-20/h2-12H,1H3. The lowest BCUT2D eigenvalue weighted by atomic mass is 10.2. The van der Waals surface area contributed by atoms with Gasteiger partial charge in [-0.3, -0.25) is 4.57 Å². The van der Waals surface area contributed by atoms with Crippen LogP contribution in [0.25, 0.3) is 39.4 Å². The predicted octanol–water partition coefficient (Wildman–Crippen LogP) is 6.25. The summed E-state index contributed by atoms with van der Waals surface area (Å²) >= 11 is 12.5. The number of halogens is 2. The summed E-state index contributed by atoms with van der Waals surface area (Å²) in [7, 11) is 0. The molecule has 4 nitrogen and oxygen atoms in total. The third-order valence-electron chi connectivity index (χ3n) is 4.69. The van der Waals surface area contributed by atoms with E-state index in [1.165, 1.54) is 0 Å². The molecule has 0 spiro atoms. The van der Waals surface area contributed by atoms with Gasteiger partial charge in [-0.2, -0.15) is 0 Å². The molecule has 0 aliphatic carbocycles. The summed E-state index contributed by atoms with van der Waals surface area (Å²) in [5.41, 5.74) is 5.71. The Morgan fingerprint density at radius 2 is 1.50 bits per heavy atom. The summed E-state index contributed by atoms with van der Waals surface area (Å²) in [5, 5.41) is 1.36. The summed E-state index contributed by atoms with van der Waals surface area (Å²) < 4.78 is 1.99. The fraction of sp³-hybridized carbons (Fsp3) is 0.0455. The zero-order chi connectivity index (χ0) is 19.3. The molecule has 0 N–H and O–H groups in total. The summed E-state index contributed by atoms with van der Waals surface area (Å²) in [5.74, 6) is 0.738. The van der Waals surface area contributed by atoms with E-state index >= 15 is 0 Å². The number of fused-ring (bicyclic) bond motifs is 2. The van der Waals surface area contributed by atoms with Crippen molar-refractivity contribution < 1.29 is 0 Å². The van der Waals surface area contributed by atoms with Gasteiger partial charge in [0.05, 0.1) is 16.7 Å². The molecule has 28 heavy (non-hydrogen) atoms. The first-order valence-corrected chi connectivity index (χ1v) is 9.53. The molecule has 136 valence electrons. The maximum Gasteiger partial charge on any atom is 0.199 e. The maximum absolute atomic E-state index is 6.41. The van der Waals surface area contributed by atoms with Crippen LogP contribution in [0.5, 0.6) is 0 Å². The van der Waals surface area contributed by atoms with Crippen LogP contribution in [-0.4, -0.2) is 19.5 Å². The number of imidazole rings is 1. The zero-order valence-electron chi connectivity index (χ0n) is 14.9. The second kappa shape index (κ2) is 6.59. The molecule has 5 rings (SSSR count). The topological polar surface area (TPSA) is 43.6 Å². The number of para-hydroxylation sites is 2. The second-order valence-corrected chi connectivity index (χ2v) is 7.41. The third-order valence-corrected chi connectivity index (χ3v) is 5.35. The number of nitrogens with zero attached hydrogens (tertiary/aromatic N) is 4. The highest BCUT2D eigenvalue weighted by atomic mass is 35.5. The summed E-state index contributed by atoms with van der Waals surface area (Å²) in [6, 6.07) is 21.3. The van der Waals surface area contributed by atoms with E-state index in [9.17, 15) is 0 Å². The Bertz CT molecular complexity index is 1340. The van der Waals surface area contributed by atoms with Gasteiger partial charge in [-0.05, 0) is 61.0 Å². The van der Waals surface area contributed by atoms with E-state index < -0.39 is 0 Å². The number of hydrogen-bond acceptors (Lipinski definition) is 3. The molecule has 0 unspecified atom stereocenters. The predicted molar refractivity (Wildman–Crippen MR) is 114 cm³/mol. The first kappa shape index (κ1) is 17.2. The van der Waals surface area contributed by atoms with E-state index in [4.69, 9.17) is 38.2 Å². The molecule has 0 saturated carbocycles. The summed E-state index contributed by atoms with van der Waals surface area (Å²) in [6.07, 6.45) is 0. The number of hydrogen-bond donors (Lipinski definition) is 0. The molecule has 6 heteroatoms. The zero-order valence-corrected chi connectivity index (χ0v) is 16.4. The highest BCUT2D eigenvalue weighted by molar-refractivity contribution is 6.31. The van der Waals surface area contributed by atoms with Crippen molar-refractivity contribution in [2.24, 2.45) is 0 Å². The summed E-state index contributed by atoms with van der Waals surface area (Å²) in [4.78, 5) is 14.3. The SMILES string of the molecule is Cc1ccc(-n2c(-c3ccc(Cl)cc3)nc3nc4ccccc4nc32)cc1Cl. The number of aryl methyl sites for hydroxylation is 1. The van der Waals surface area contributed by atoms with Crippen LogP contribution in [0, 0.1) is 6.92 Å². The fourth-order valence-corrected chi connectivity index (χ4v) is 3.52. The molecule has 0 fully saturated rings. The average molecular weight is 405 g/mol. The Labute approximate surface area is 171 Å². The molecule has 0 bridgehead atoms. The van der Waals surface area contributed by atoms with Crippen LogP contribution in [0.1, 0.15) is 5.56 Å². The monoisotopic (exact) mass is 404 g/mol. The van der Waals surface area contributed by atoms with Gasteiger partial charge in [-0.1, -0.05) is 41.4 Å². The minimum atomic E-state index is 0.584. The average Bonchev–Trinajstić information content (AvgIpc) is 3.07. The molecule has 0 aliphatic heterocycles. The van der Waals surface area contributed by atoms with Gasteiger partial charge in [-0.15, -0.1) is 0 Å². The third kappa shape index (κ3) is 2.82. The van der Waals surface area contributed by atoms with Crippen molar-refractivity contribution >= 4 is 45.5 Å². The van der Waals surface area contributed by atoms with Gasteiger partial charge in [0.15, 0.2) is 11.3 Å². The quantitative estimate of drug-likeness (QED) is 0.349. The van der Waals surface area contributed by atoms with Crippen molar-refractivity contribution in [3.8, 4) is 17.1 Å². The highest BCUT2D eigenvalue weighted by Gasteiger charge is 2.18. The molecule has 0 atom stereocenters. The van der Waals surface area contributed by atoms with Crippen LogP contribution in [0.3, 0.4) is 0 Å². The second-order valence-electron chi connectivity index (χ2n) is 6.57. The number of benzene rings is 3. The molecule has 0 radical (unpaired) electrons. The summed E-state index contributed by atoms with van der Waals surface area (Å²) in [6.45, 7) is 1.98. The molecule has 2 heterocycles. The first-order valence-electron chi connectivity index (χ1n) is 8.78. The van der Waals surface area contributed by atoms with Crippen LogP contribution in [-0.2, 0) is 0 Å². The van der Waals surface area contributed by atoms with Crippen LogP contribution < -0.4 is 0 Å². The molecule has 0 aliphatic rings. The molecule has 2 aromatic heterocycles. The molecule has 5 aromatic rings. The van der Waals surface area contributed by atoms with E-state index in [2.05, 4.69) is 0 Å². The van der Waals surface area contributed by atoms with Crippen molar-refractivity contribution in [1.82, 2.24) is 19.5 Å². The Morgan fingerprint density at radius 1 is 0.786 bits per heavy atom. The first-order chi connectivity index (χ1) is 13.6. The lowest BCUT2D eigenvalue weighted by molar-refractivity contribution is 1.08. The molecular weight excluding hydrogens is 391 g/mol. The fourth-order valence-electron chi connectivity index (χ4n) is 3.22. The van der Waals surface area contributed by atoms with Crippen molar-refractivity contribution in [1.29, 1.82) is 0 Å². The lowest BCUT2D eigenvalue weighted by Crippen LogP contribution is -1.99. The van der Waals surface area contributed by atoms with Crippen LogP contribution in [0.2, 0.25) is 10.0 Å². The van der Waals surface area contributed by atoms with E-state index in [-0.39, 0.29) is 0 Å². The van der Waals surface area contributed by atoms with Crippen LogP contribution in [0.4, 0.5) is 0 Å². The minimum Gasteiger partial charge on any atom is -0.275 e. The maximum atomic E-state index is 6.41. The molecule has 3 aromatic carbocycles. The van der Waals surface area contributed by atoms with Gasteiger partial charge in [0.2, 0.25) is 0 Å². The Hall–Kier alpha value is -2.95. The van der Waals surface area contributed by atoms with Gasteiger partial charge in [-0.25, -0.2) is 15.0 Å². The van der Waals surface area contributed by atoms with E-state index in [0.29, 0.717) is 21.3 Å². The van der Waals surface area contributed by atoms with Crippen molar-refractivity contribution in [2.75, 3.05) is 0 Å². The van der Waals surface area contributed by atoms with Gasteiger partial charge < -0.3 is 0 Å². The van der Waals surface area contributed by atoms with Gasteiger partial charge >= 0.3 is 0 Å². The van der Waals surface area contributed by atoms with E-state index in [0.717, 1.165) is 33.7 Å². The number of aromatic nitrogens is 4. The smallest absolute Gasteiger partial charge is 0.199 e. The van der Waals surface area contributed by atoms with Crippen molar-refractivity contribution in [2.45, 2.75) is 6.92 Å². The number of rotatable bonds is 2. The van der Waals surface area contributed by atoms with Gasteiger partial charge in [0, 0.05) is 15.6 Å². The highest BCUT2D eigenvalue weighted by Crippen LogP contribution is 2.30. The van der Waals surface area contributed by atoms with Crippen molar-refractivity contribution in [3.63, 3.8) is 0 Å². The van der Waals surface area contributed by atoms with Crippen LogP contribution in [0.15, 0.2) is 66.7 Å². The Kier molecular flexibility index (Phi) is 4.04. The van der Waals surface area contributed by atoms with Crippen molar-refractivity contribution in [3.05, 3.63) is 82.3 Å². The molecular formula is C22H14Cl2N4. The largest absolute Gasteiger partial charge is 0.275 e. The Morgan fingerprint density at radius 3 is 2.21 bits per heavy atom. The van der Waals surface area contributed by atoms with E-state index in [1.54, 1.807) is 0 Å². The Balaban J connectivity index is 1.87. The van der Waals surface area contributed by atoms with Gasteiger partial charge in [0.1, 0.15) is 5.82 Å². The molecule has 0 amide bonds. The molecule has 0 saturated heterocycles. The van der Waals surface area contributed by atoms with Gasteiger partial charge in [0.25, 0.3) is 0 Å². The normalized spacial score (nSPS) is 11.4. The lowest BCUT2D eigenvalue weighted by Gasteiger charge is -2.10. The minimum absolute atomic E-state index is 0.584. The van der Waals surface area contributed by atoms with Crippen LogP contribution >= 0.6 is 23.2 Å². The van der Waals surface area contributed by atoms with E-state index in [1.807, 2.05) is 78.2 Å².